The van der Waals surface area contributed by atoms with Crippen molar-refractivity contribution in [2.24, 2.45) is 5.73 Å². The van der Waals surface area contributed by atoms with E-state index in [0.717, 1.165) is 12.8 Å². The van der Waals surface area contributed by atoms with Crippen LogP contribution in [0.25, 0.3) is 0 Å². The van der Waals surface area contributed by atoms with Crippen molar-refractivity contribution in [3.05, 3.63) is 0 Å². The zero-order valence-corrected chi connectivity index (χ0v) is 6.76. The summed E-state index contributed by atoms with van der Waals surface area (Å²) in [6.07, 6.45) is 3.14. The van der Waals surface area contributed by atoms with Gasteiger partial charge in [0.15, 0.2) is 0 Å². The van der Waals surface area contributed by atoms with Gasteiger partial charge in [-0.15, -0.1) is 0 Å². The summed E-state index contributed by atoms with van der Waals surface area (Å²) >= 11 is 1.97. The monoisotopic (exact) mass is 227 g/mol. The maximum absolute atomic E-state index is 8.99. The predicted molar refractivity (Wildman–Crippen MR) is 40.8 cm³/mol. The van der Waals surface area contributed by atoms with Crippen LogP contribution in [0.1, 0.15) is 19.3 Å². The molecular formula is C5H10INO. The second-order valence-electron chi connectivity index (χ2n) is 2.42. The second kappa shape index (κ2) is 2.11. The zero-order chi connectivity index (χ0) is 6.20. The van der Waals surface area contributed by atoms with Crippen LogP contribution in [0.2, 0.25) is 0 Å². The van der Waals surface area contributed by atoms with E-state index in [2.05, 4.69) is 0 Å². The molecule has 48 valence electrons. The van der Waals surface area contributed by atoms with Crippen LogP contribution in [-0.4, -0.2) is 14.8 Å². The Kier molecular flexibility index (Phi) is 1.79. The summed E-state index contributed by atoms with van der Waals surface area (Å²) in [6, 6.07) is 0. The highest BCUT2D eigenvalue weighted by atomic mass is 127. The molecule has 3 N–H and O–H groups in total. The maximum Gasteiger partial charge on any atom is 0.123 e. The van der Waals surface area contributed by atoms with Crippen LogP contribution in [0.3, 0.4) is 0 Å². The first kappa shape index (κ1) is 6.77. The molecule has 0 spiro atoms. The Balaban J connectivity index is 2.41. The van der Waals surface area contributed by atoms with E-state index in [1.54, 1.807) is 0 Å². The number of alkyl halides is 1. The summed E-state index contributed by atoms with van der Waals surface area (Å²) in [5.74, 6) is 0. The highest BCUT2D eigenvalue weighted by Crippen LogP contribution is 2.34. The lowest BCUT2D eigenvalue weighted by Gasteiger charge is -2.39. The highest BCUT2D eigenvalue weighted by molar-refractivity contribution is 14.1. The normalized spacial score (nSPS) is 28.9. The van der Waals surface area contributed by atoms with Crippen LogP contribution < -0.4 is 5.73 Å². The van der Waals surface area contributed by atoms with Crippen molar-refractivity contribution < 1.29 is 5.11 Å². The van der Waals surface area contributed by atoms with Crippen LogP contribution in [0.5, 0.6) is 0 Å². The van der Waals surface area contributed by atoms with Crippen LogP contribution in [-0.2, 0) is 0 Å². The van der Waals surface area contributed by atoms with Gasteiger partial charge in [-0.3, -0.25) is 0 Å². The molecule has 0 aromatic heterocycles. The van der Waals surface area contributed by atoms with Gasteiger partial charge in [-0.1, -0.05) is 0 Å². The van der Waals surface area contributed by atoms with E-state index in [9.17, 15) is 0 Å². The van der Waals surface area contributed by atoms with Crippen molar-refractivity contribution in [2.45, 2.75) is 28.9 Å². The van der Waals surface area contributed by atoms with Gasteiger partial charge in [0.25, 0.3) is 0 Å². The van der Waals surface area contributed by atoms with Gasteiger partial charge in [0.2, 0.25) is 0 Å². The Morgan fingerprint density at radius 2 is 2.12 bits per heavy atom. The number of aliphatic hydroxyl groups excluding tert-OH is 1. The van der Waals surface area contributed by atoms with Crippen LogP contribution >= 0.6 is 22.6 Å². The largest absolute Gasteiger partial charge is 0.381 e. The van der Waals surface area contributed by atoms with Gasteiger partial charge in [-0.2, -0.15) is 0 Å². The molecule has 1 aliphatic rings. The van der Waals surface area contributed by atoms with Gasteiger partial charge < -0.3 is 10.8 Å². The molecule has 0 heterocycles. The summed E-state index contributed by atoms with van der Waals surface area (Å²) < 4.78 is -0.353. The first-order valence-corrected chi connectivity index (χ1v) is 4.01. The lowest BCUT2D eigenvalue weighted by Crippen LogP contribution is -2.53. The molecule has 2 nitrogen and oxygen atoms in total. The highest BCUT2D eigenvalue weighted by Gasteiger charge is 2.37. The Hall–Kier alpha value is 0.650. The Morgan fingerprint density at radius 3 is 2.12 bits per heavy atom. The summed E-state index contributed by atoms with van der Waals surface area (Å²) in [4.78, 5) is 0. The summed E-state index contributed by atoms with van der Waals surface area (Å²) in [6.45, 7) is 0. The molecule has 1 unspecified atom stereocenters. The lowest BCUT2D eigenvalue weighted by atomic mass is 9.79. The summed E-state index contributed by atoms with van der Waals surface area (Å²) in [7, 11) is 0. The first-order chi connectivity index (χ1) is 3.65. The fourth-order valence-electron chi connectivity index (χ4n) is 0.823. The molecule has 1 atom stereocenters. The minimum atomic E-state index is -0.353. The number of nitrogens with two attached hydrogens (primary N) is 1. The van der Waals surface area contributed by atoms with E-state index in [-0.39, 0.29) is 9.65 Å². The van der Waals surface area contributed by atoms with E-state index < -0.39 is 0 Å². The summed E-state index contributed by atoms with van der Waals surface area (Å²) in [5.41, 5.74) is 5.45. The van der Waals surface area contributed by atoms with Crippen LogP contribution in [0, 0.1) is 0 Å². The van der Waals surface area contributed by atoms with Crippen molar-refractivity contribution in [3.8, 4) is 0 Å². The molecule has 0 aromatic rings. The summed E-state index contributed by atoms with van der Waals surface area (Å²) in [5, 5.41) is 8.99. The quantitative estimate of drug-likeness (QED) is 0.509. The van der Waals surface area contributed by atoms with Crippen LogP contribution in [0.15, 0.2) is 0 Å². The molecule has 0 aliphatic heterocycles. The third kappa shape index (κ3) is 0.989. The third-order valence-electron chi connectivity index (χ3n) is 1.76. The van der Waals surface area contributed by atoms with E-state index >= 15 is 0 Å². The first-order valence-electron chi connectivity index (χ1n) is 2.76. The Bertz CT molecular complexity index is 90.4. The molecule has 8 heavy (non-hydrogen) atoms. The fraction of sp³-hybridized carbons (Fsp3) is 1.00. The molecule has 0 saturated heterocycles. The fourth-order valence-corrected chi connectivity index (χ4v) is 1.45. The average Bonchev–Trinajstić information content (AvgIpc) is 1.60. The lowest BCUT2D eigenvalue weighted by molar-refractivity contribution is 0.111. The zero-order valence-electron chi connectivity index (χ0n) is 4.60. The van der Waals surface area contributed by atoms with E-state index in [1.165, 1.54) is 6.42 Å². The SMILES string of the molecule is NC1(C(O)I)CCC1. The predicted octanol–water partition coefficient (Wildman–Crippen LogP) is 0.621. The Labute approximate surface area is 62.6 Å². The standard InChI is InChI=1S/C5H10INO/c6-4(8)5(7)2-1-3-5/h4,8H,1-3,7H2. The number of hydrogen-bond donors (Lipinski definition) is 2. The van der Waals surface area contributed by atoms with Crippen molar-refractivity contribution in [3.63, 3.8) is 0 Å². The van der Waals surface area contributed by atoms with E-state index in [0.29, 0.717) is 0 Å². The molecular weight excluding hydrogens is 217 g/mol. The Morgan fingerprint density at radius 1 is 1.62 bits per heavy atom. The van der Waals surface area contributed by atoms with Gasteiger partial charge in [-0.05, 0) is 41.9 Å². The molecule has 1 rings (SSSR count). The van der Waals surface area contributed by atoms with Gasteiger partial charge >= 0.3 is 0 Å². The van der Waals surface area contributed by atoms with Gasteiger partial charge in [0.1, 0.15) is 4.11 Å². The molecule has 0 radical (unpaired) electrons. The van der Waals surface area contributed by atoms with Crippen LogP contribution in [0.4, 0.5) is 0 Å². The number of halogens is 1. The maximum atomic E-state index is 8.99. The van der Waals surface area contributed by atoms with Crippen molar-refractivity contribution in [1.82, 2.24) is 0 Å². The number of rotatable bonds is 1. The molecule has 1 aliphatic carbocycles. The molecule has 0 bridgehead atoms. The number of hydrogen-bond acceptors (Lipinski definition) is 2. The van der Waals surface area contributed by atoms with Gasteiger partial charge in [0.05, 0.1) is 5.54 Å². The molecule has 0 amide bonds. The molecule has 3 heteroatoms. The second-order valence-corrected chi connectivity index (χ2v) is 3.60. The third-order valence-corrected chi connectivity index (χ3v) is 3.00. The van der Waals surface area contributed by atoms with Gasteiger partial charge in [0, 0.05) is 0 Å². The smallest absolute Gasteiger partial charge is 0.123 e. The van der Waals surface area contributed by atoms with Gasteiger partial charge in [-0.25, -0.2) is 0 Å². The van der Waals surface area contributed by atoms with Crippen molar-refractivity contribution in [1.29, 1.82) is 0 Å². The average molecular weight is 227 g/mol. The minimum absolute atomic E-state index is 0.236. The van der Waals surface area contributed by atoms with Crippen molar-refractivity contribution >= 4 is 22.6 Å². The van der Waals surface area contributed by atoms with Crippen molar-refractivity contribution in [2.75, 3.05) is 0 Å². The molecule has 0 aromatic carbocycles. The topological polar surface area (TPSA) is 46.2 Å². The molecule has 1 saturated carbocycles. The minimum Gasteiger partial charge on any atom is -0.381 e. The van der Waals surface area contributed by atoms with E-state index in [1.807, 2.05) is 22.6 Å². The number of aliphatic hydroxyl groups is 1. The molecule has 1 fully saturated rings. The van der Waals surface area contributed by atoms with E-state index in [4.69, 9.17) is 10.8 Å².